The van der Waals surface area contributed by atoms with Gasteiger partial charge in [0.05, 0.1) is 46.1 Å². The van der Waals surface area contributed by atoms with Gasteiger partial charge in [-0.05, 0) is 84.2 Å². The molecule has 0 radical (unpaired) electrons. The number of hydrogen-bond acceptors (Lipinski definition) is 5. The summed E-state index contributed by atoms with van der Waals surface area (Å²) in [6, 6.07) is 18.2. The SMILES string of the molecule is Cc1csc(-c2ccc3cc(-c4c(C5CCCCC5)c5ccc(C(=O)O)cc5n4CC(=O)N4CCOCC4)ccc3n2)c1. The second kappa shape index (κ2) is 11.6. The number of fused-ring (bicyclic) bond motifs is 2. The predicted octanol–water partition coefficient (Wildman–Crippen LogP) is 7.50. The zero-order valence-corrected chi connectivity index (χ0v) is 25.2. The Morgan fingerprint density at radius 1 is 1.00 bits per heavy atom. The molecule has 1 N–H and O–H groups in total. The molecule has 3 aromatic heterocycles. The lowest BCUT2D eigenvalue weighted by atomic mass is 9.81. The van der Waals surface area contributed by atoms with E-state index in [2.05, 4.69) is 53.3 Å². The number of hydrogen-bond donors (Lipinski definition) is 1. The largest absolute Gasteiger partial charge is 0.478 e. The van der Waals surface area contributed by atoms with Crippen LogP contribution < -0.4 is 0 Å². The van der Waals surface area contributed by atoms with Crippen molar-refractivity contribution in [3.05, 3.63) is 76.7 Å². The number of rotatable bonds is 6. The number of morpholine rings is 1. The molecule has 1 saturated heterocycles. The summed E-state index contributed by atoms with van der Waals surface area (Å²) in [5.74, 6) is -0.598. The number of benzene rings is 2. The molecule has 0 atom stereocenters. The highest BCUT2D eigenvalue weighted by Gasteiger charge is 2.29. The minimum Gasteiger partial charge on any atom is -0.478 e. The van der Waals surface area contributed by atoms with Crippen molar-refractivity contribution in [2.45, 2.75) is 51.5 Å². The molecule has 2 fully saturated rings. The molecule has 1 aliphatic heterocycles. The van der Waals surface area contributed by atoms with Gasteiger partial charge in [0, 0.05) is 23.9 Å². The van der Waals surface area contributed by atoms with E-state index in [-0.39, 0.29) is 18.0 Å². The molecule has 7 rings (SSSR count). The van der Waals surface area contributed by atoms with Crippen LogP contribution in [0.5, 0.6) is 0 Å². The van der Waals surface area contributed by atoms with E-state index in [0.29, 0.717) is 32.2 Å². The summed E-state index contributed by atoms with van der Waals surface area (Å²) in [5, 5.41) is 14.1. The Hall–Kier alpha value is -4.01. The van der Waals surface area contributed by atoms with Gasteiger partial charge in [0.2, 0.25) is 5.91 Å². The van der Waals surface area contributed by atoms with Crippen LogP contribution >= 0.6 is 11.3 Å². The third kappa shape index (κ3) is 5.34. The first-order valence-corrected chi connectivity index (χ1v) is 16.1. The average molecular weight is 594 g/mol. The van der Waals surface area contributed by atoms with Crippen molar-refractivity contribution in [1.82, 2.24) is 14.5 Å². The number of ether oxygens (including phenoxy) is 1. The molecule has 220 valence electrons. The second-order valence-corrected chi connectivity index (χ2v) is 12.7. The van der Waals surface area contributed by atoms with E-state index in [0.717, 1.165) is 56.5 Å². The van der Waals surface area contributed by atoms with Crippen LogP contribution in [0, 0.1) is 6.92 Å². The fourth-order valence-electron chi connectivity index (χ4n) is 6.81. The van der Waals surface area contributed by atoms with Crippen LogP contribution in [0.3, 0.4) is 0 Å². The normalized spacial score (nSPS) is 16.3. The van der Waals surface area contributed by atoms with Gasteiger partial charge in [-0.15, -0.1) is 11.3 Å². The van der Waals surface area contributed by atoms with Crippen LogP contribution in [0.15, 0.2) is 60.0 Å². The first-order valence-electron chi connectivity index (χ1n) is 15.2. The summed E-state index contributed by atoms with van der Waals surface area (Å²) < 4.78 is 7.58. The van der Waals surface area contributed by atoms with Crippen LogP contribution in [0.4, 0.5) is 0 Å². The minimum atomic E-state index is -0.969. The van der Waals surface area contributed by atoms with E-state index in [9.17, 15) is 14.7 Å². The third-order valence-corrected chi connectivity index (χ3v) is 10.0. The molecule has 7 nitrogen and oxygen atoms in total. The molecule has 43 heavy (non-hydrogen) atoms. The zero-order valence-electron chi connectivity index (χ0n) is 24.3. The van der Waals surface area contributed by atoms with Crippen LogP contribution in [0.25, 0.3) is 43.6 Å². The molecule has 4 heterocycles. The van der Waals surface area contributed by atoms with E-state index >= 15 is 0 Å². The van der Waals surface area contributed by atoms with E-state index in [4.69, 9.17) is 9.72 Å². The maximum atomic E-state index is 13.7. The van der Waals surface area contributed by atoms with Gasteiger partial charge >= 0.3 is 5.97 Å². The van der Waals surface area contributed by atoms with E-state index in [1.165, 1.54) is 30.4 Å². The molecule has 0 unspecified atom stereocenters. The summed E-state index contributed by atoms with van der Waals surface area (Å²) in [6.45, 7) is 4.44. The highest BCUT2D eigenvalue weighted by molar-refractivity contribution is 7.13. The van der Waals surface area contributed by atoms with Gasteiger partial charge in [0.15, 0.2) is 0 Å². The fourth-order valence-corrected chi connectivity index (χ4v) is 7.68. The predicted molar refractivity (Wildman–Crippen MR) is 171 cm³/mol. The zero-order chi connectivity index (χ0) is 29.5. The Labute approximate surface area is 254 Å². The summed E-state index contributed by atoms with van der Waals surface area (Å²) in [5.41, 5.74) is 7.43. The number of carboxylic acids is 1. The van der Waals surface area contributed by atoms with Crippen molar-refractivity contribution in [3.63, 3.8) is 0 Å². The third-order valence-electron chi connectivity index (χ3n) is 8.97. The number of aryl methyl sites for hydroxylation is 1. The number of aromatic nitrogens is 2. The summed E-state index contributed by atoms with van der Waals surface area (Å²) in [4.78, 5) is 33.8. The van der Waals surface area contributed by atoms with Crippen molar-refractivity contribution in [2.75, 3.05) is 26.3 Å². The number of carboxylic acid groups (broad SMARTS) is 1. The Morgan fingerprint density at radius 2 is 1.81 bits per heavy atom. The highest BCUT2D eigenvalue weighted by Crippen LogP contribution is 2.45. The second-order valence-electron chi connectivity index (χ2n) is 11.8. The molecule has 1 aliphatic carbocycles. The van der Waals surface area contributed by atoms with E-state index in [1.54, 1.807) is 23.5 Å². The topological polar surface area (TPSA) is 84.7 Å². The highest BCUT2D eigenvalue weighted by atomic mass is 32.1. The monoisotopic (exact) mass is 593 g/mol. The molecule has 8 heteroatoms. The summed E-state index contributed by atoms with van der Waals surface area (Å²) in [6.07, 6.45) is 5.75. The van der Waals surface area contributed by atoms with Crippen molar-refractivity contribution < 1.29 is 19.4 Å². The molecule has 5 aromatic rings. The average Bonchev–Trinajstić information content (AvgIpc) is 3.62. The Kier molecular flexibility index (Phi) is 7.49. The van der Waals surface area contributed by atoms with Gasteiger partial charge in [-0.3, -0.25) is 4.79 Å². The number of aromatic carboxylic acids is 1. The number of carbonyl (C=O) groups is 2. The smallest absolute Gasteiger partial charge is 0.335 e. The van der Waals surface area contributed by atoms with Crippen molar-refractivity contribution in [3.8, 4) is 21.8 Å². The molecule has 2 aliphatic rings. The van der Waals surface area contributed by atoms with Crippen LogP contribution in [0.2, 0.25) is 0 Å². The van der Waals surface area contributed by atoms with Gasteiger partial charge in [-0.25, -0.2) is 9.78 Å². The van der Waals surface area contributed by atoms with Crippen molar-refractivity contribution in [1.29, 1.82) is 0 Å². The molecule has 0 spiro atoms. The molecule has 1 amide bonds. The Bertz CT molecular complexity index is 1840. The van der Waals surface area contributed by atoms with Crippen molar-refractivity contribution in [2.24, 2.45) is 0 Å². The molecule has 2 aromatic carbocycles. The first kappa shape index (κ1) is 27.8. The van der Waals surface area contributed by atoms with Gasteiger partial charge < -0.3 is 19.3 Å². The minimum absolute atomic E-state index is 0.0238. The maximum absolute atomic E-state index is 13.7. The number of amides is 1. The van der Waals surface area contributed by atoms with Crippen LogP contribution in [0.1, 0.15) is 59.5 Å². The van der Waals surface area contributed by atoms with Gasteiger partial charge in [0.25, 0.3) is 0 Å². The molecule has 1 saturated carbocycles. The number of pyridine rings is 1. The summed E-state index contributed by atoms with van der Waals surface area (Å²) >= 11 is 1.70. The van der Waals surface area contributed by atoms with E-state index in [1.807, 2.05) is 11.0 Å². The number of nitrogens with zero attached hydrogens (tertiary/aromatic N) is 3. The summed E-state index contributed by atoms with van der Waals surface area (Å²) in [7, 11) is 0. The molecule has 0 bridgehead atoms. The van der Waals surface area contributed by atoms with E-state index < -0.39 is 5.97 Å². The lowest BCUT2D eigenvalue weighted by molar-refractivity contribution is -0.135. The van der Waals surface area contributed by atoms with Crippen LogP contribution in [-0.4, -0.2) is 57.7 Å². The standard InChI is InChI=1S/C35H35N3O4S/c1-22-17-31(43-21-22)29-12-8-24-18-25(9-11-28(24)36-29)34-33(23-5-3-2-4-6-23)27-10-7-26(35(40)41)19-30(27)38(34)20-32(39)37-13-15-42-16-14-37/h7-12,17-19,21,23H,2-6,13-16,20H2,1H3,(H,40,41). The molecular formula is C35H35N3O4S. The number of thiophene rings is 1. The van der Waals surface area contributed by atoms with Crippen LogP contribution in [-0.2, 0) is 16.1 Å². The van der Waals surface area contributed by atoms with Gasteiger partial charge in [-0.1, -0.05) is 37.5 Å². The van der Waals surface area contributed by atoms with Gasteiger partial charge in [-0.2, -0.15) is 0 Å². The lowest BCUT2D eigenvalue weighted by Crippen LogP contribution is -2.42. The fraction of sp³-hybridized carbons (Fsp3) is 0.343. The Balaban J connectivity index is 1.41. The quantitative estimate of drug-likeness (QED) is 0.220. The van der Waals surface area contributed by atoms with Gasteiger partial charge in [0.1, 0.15) is 6.54 Å². The maximum Gasteiger partial charge on any atom is 0.335 e. The molecular weight excluding hydrogens is 558 g/mol. The number of carbonyl (C=O) groups excluding carboxylic acids is 1. The Morgan fingerprint density at radius 3 is 2.56 bits per heavy atom. The lowest BCUT2D eigenvalue weighted by Gasteiger charge is -2.28. The first-order chi connectivity index (χ1) is 21.0. The van der Waals surface area contributed by atoms with Crippen molar-refractivity contribution >= 4 is 45.0 Å².